The van der Waals surface area contributed by atoms with Crippen LogP contribution in [0.15, 0.2) is 42.0 Å². The summed E-state index contributed by atoms with van der Waals surface area (Å²) in [4.78, 5) is 39.2. The van der Waals surface area contributed by atoms with Crippen LogP contribution in [0.2, 0.25) is 0 Å². The third kappa shape index (κ3) is 9.29. The maximum Gasteiger partial charge on any atom is 0.245 e. The second-order valence-electron chi connectivity index (χ2n) is 10.3. The van der Waals surface area contributed by atoms with Gasteiger partial charge in [-0.25, -0.2) is 0 Å². The average molecular weight is 475 g/mol. The van der Waals surface area contributed by atoms with Crippen LogP contribution in [-0.2, 0) is 19.8 Å². The van der Waals surface area contributed by atoms with Gasteiger partial charge in [-0.05, 0) is 24.9 Å². The number of nitrogens with one attached hydrogen (secondary N) is 2. The van der Waals surface area contributed by atoms with Gasteiger partial charge in [0.2, 0.25) is 17.7 Å². The maximum absolute atomic E-state index is 13.3. The molecule has 0 aliphatic heterocycles. The van der Waals surface area contributed by atoms with Crippen molar-refractivity contribution in [2.45, 2.75) is 79.3 Å². The molecule has 0 aliphatic rings. The smallest absolute Gasteiger partial charge is 0.245 e. The van der Waals surface area contributed by atoms with E-state index in [-0.39, 0.29) is 18.4 Å². The molecule has 1 aromatic carbocycles. The molecule has 0 saturated heterocycles. The number of hydrogen-bond donors (Lipinski definition) is 3. The maximum atomic E-state index is 13.3. The van der Waals surface area contributed by atoms with E-state index >= 15 is 0 Å². The largest absolute Gasteiger partial charge is 0.366 e. The summed E-state index contributed by atoms with van der Waals surface area (Å²) in [5.74, 6) is -1.01. The number of nitrogens with two attached hydrogens (primary N) is 1. The Bertz CT molecular complexity index is 826. The fourth-order valence-electron chi connectivity index (χ4n) is 3.41. The molecule has 0 spiro atoms. The van der Waals surface area contributed by atoms with Crippen LogP contribution < -0.4 is 16.4 Å². The van der Waals surface area contributed by atoms with Crippen LogP contribution in [0.3, 0.4) is 0 Å². The van der Waals surface area contributed by atoms with Gasteiger partial charge >= 0.3 is 0 Å². The van der Waals surface area contributed by atoms with Gasteiger partial charge in [0.1, 0.15) is 6.04 Å². The first-order chi connectivity index (χ1) is 15.6. The number of primary amides is 1. The van der Waals surface area contributed by atoms with Gasteiger partial charge in [0.05, 0.1) is 6.04 Å². The first kappa shape index (κ1) is 31.3. The quantitative estimate of drug-likeness (QED) is 0.477. The number of carbonyl (C=O) groups excluding carboxylic acids is 3. The molecule has 1 unspecified atom stereocenters. The van der Waals surface area contributed by atoms with Crippen LogP contribution in [0.1, 0.15) is 67.4 Å². The van der Waals surface area contributed by atoms with E-state index in [0.717, 1.165) is 5.56 Å². The highest BCUT2D eigenvalue weighted by Gasteiger charge is 2.40. The van der Waals surface area contributed by atoms with Gasteiger partial charge in [0, 0.05) is 24.6 Å². The van der Waals surface area contributed by atoms with Crippen molar-refractivity contribution >= 4 is 17.7 Å². The Morgan fingerprint density at radius 1 is 1.03 bits per heavy atom. The first-order valence-corrected chi connectivity index (χ1v) is 11.9. The molecule has 1 rings (SSSR count). The van der Waals surface area contributed by atoms with E-state index in [4.69, 9.17) is 5.73 Å². The Morgan fingerprint density at radius 2 is 1.53 bits per heavy atom. The Morgan fingerprint density at radius 3 is 1.94 bits per heavy atom. The molecular weight excluding hydrogens is 428 g/mol. The van der Waals surface area contributed by atoms with Crippen LogP contribution in [0.5, 0.6) is 0 Å². The zero-order chi connectivity index (χ0) is 26.7. The standard InChI is InChI=1S/C24H38N4O3.C3H8/c1-16(20(25)29)14-15-28(8)22(31)19(23(2,3)4)27-21(30)18(26-7)24(5,6)17-12-10-9-11-13-17;1-3-2/h9-14,18-19,26H,15H2,1-8H3,(H2,25,29)(H,27,30);3H2,1-2H3/b16-14+;/t18-,19?;/m1./s1. The number of rotatable bonds is 9. The number of hydrogen-bond acceptors (Lipinski definition) is 4. The Kier molecular flexibility index (Phi) is 12.8. The third-order valence-electron chi connectivity index (χ3n) is 5.63. The minimum absolute atomic E-state index is 0.223. The molecule has 2 atom stereocenters. The van der Waals surface area contributed by atoms with Crippen LogP contribution in [0, 0.1) is 5.41 Å². The lowest BCUT2D eigenvalue weighted by atomic mass is 9.76. The summed E-state index contributed by atoms with van der Waals surface area (Å²) in [6.45, 7) is 15.8. The molecule has 0 aromatic heterocycles. The summed E-state index contributed by atoms with van der Waals surface area (Å²) >= 11 is 0. The van der Waals surface area contributed by atoms with Gasteiger partial charge in [-0.3, -0.25) is 14.4 Å². The number of nitrogens with zero attached hydrogens (tertiary/aromatic N) is 1. The first-order valence-electron chi connectivity index (χ1n) is 11.9. The number of likely N-dealkylation sites (N-methyl/N-ethyl adjacent to an activating group) is 2. The Balaban J connectivity index is 0.00000343. The fourth-order valence-corrected chi connectivity index (χ4v) is 3.41. The van der Waals surface area contributed by atoms with Gasteiger partial charge in [0.25, 0.3) is 0 Å². The lowest BCUT2D eigenvalue weighted by Gasteiger charge is -2.38. The molecule has 192 valence electrons. The zero-order valence-corrected chi connectivity index (χ0v) is 22.8. The summed E-state index contributed by atoms with van der Waals surface area (Å²) < 4.78 is 0. The van der Waals surface area contributed by atoms with E-state index in [1.54, 1.807) is 27.1 Å². The van der Waals surface area contributed by atoms with Crippen molar-refractivity contribution in [2.75, 3.05) is 20.6 Å². The predicted molar refractivity (Wildman–Crippen MR) is 140 cm³/mol. The molecule has 0 radical (unpaired) electrons. The second kappa shape index (κ2) is 13.9. The molecule has 7 heteroatoms. The Labute approximate surface area is 206 Å². The summed E-state index contributed by atoms with van der Waals surface area (Å²) in [5, 5.41) is 6.09. The molecule has 0 bridgehead atoms. The van der Waals surface area contributed by atoms with E-state index in [1.165, 1.54) is 11.3 Å². The van der Waals surface area contributed by atoms with Crippen molar-refractivity contribution in [1.82, 2.24) is 15.5 Å². The number of carbonyl (C=O) groups is 3. The van der Waals surface area contributed by atoms with Crippen molar-refractivity contribution in [3.8, 4) is 0 Å². The van der Waals surface area contributed by atoms with E-state index in [9.17, 15) is 14.4 Å². The summed E-state index contributed by atoms with van der Waals surface area (Å²) in [5.41, 5.74) is 5.65. The highest BCUT2D eigenvalue weighted by atomic mass is 16.2. The molecule has 34 heavy (non-hydrogen) atoms. The lowest BCUT2D eigenvalue weighted by molar-refractivity contribution is -0.139. The van der Waals surface area contributed by atoms with E-state index in [0.29, 0.717) is 5.57 Å². The van der Waals surface area contributed by atoms with Crippen LogP contribution in [0.25, 0.3) is 0 Å². The average Bonchev–Trinajstić information content (AvgIpc) is 2.75. The third-order valence-corrected chi connectivity index (χ3v) is 5.63. The van der Waals surface area contributed by atoms with E-state index in [2.05, 4.69) is 24.5 Å². The number of benzene rings is 1. The van der Waals surface area contributed by atoms with Crippen LogP contribution in [0.4, 0.5) is 0 Å². The van der Waals surface area contributed by atoms with Crippen LogP contribution in [-0.4, -0.2) is 55.3 Å². The zero-order valence-electron chi connectivity index (χ0n) is 22.8. The van der Waals surface area contributed by atoms with Gasteiger partial charge in [-0.15, -0.1) is 0 Å². The minimum atomic E-state index is -0.741. The monoisotopic (exact) mass is 474 g/mol. The Hall–Kier alpha value is -2.67. The molecule has 0 aliphatic carbocycles. The van der Waals surface area contributed by atoms with E-state index < -0.39 is 28.8 Å². The molecule has 4 N–H and O–H groups in total. The fraction of sp³-hybridized carbons (Fsp3) is 0.593. The lowest BCUT2D eigenvalue weighted by Crippen LogP contribution is -2.60. The topological polar surface area (TPSA) is 105 Å². The SMILES string of the molecule is CCC.CN[C@H](C(=O)NC(C(=O)N(C)C/C=C(\C)C(N)=O)C(C)(C)C)C(C)(C)c1ccccc1. The highest BCUT2D eigenvalue weighted by Crippen LogP contribution is 2.28. The van der Waals surface area contributed by atoms with E-state index in [1.807, 2.05) is 65.0 Å². The molecule has 1 aromatic rings. The van der Waals surface area contributed by atoms with Gasteiger partial charge in [-0.2, -0.15) is 0 Å². The molecule has 0 heterocycles. The van der Waals surface area contributed by atoms with Crippen molar-refractivity contribution in [1.29, 1.82) is 0 Å². The van der Waals surface area contributed by atoms with Crippen molar-refractivity contribution in [3.05, 3.63) is 47.5 Å². The second-order valence-corrected chi connectivity index (χ2v) is 10.3. The summed E-state index contributed by atoms with van der Waals surface area (Å²) in [6, 6.07) is 8.52. The summed E-state index contributed by atoms with van der Waals surface area (Å²) in [6.07, 6.45) is 2.86. The highest BCUT2D eigenvalue weighted by molar-refractivity contribution is 5.92. The van der Waals surface area contributed by atoms with Gasteiger partial charge in [0.15, 0.2) is 0 Å². The van der Waals surface area contributed by atoms with Crippen LogP contribution >= 0.6 is 0 Å². The summed E-state index contributed by atoms with van der Waals surface area (Å²) in [7, 11) is 3.38. The molecule has 7 nitrogen and oxygen atoms in total. The number of amides is 3. The normalized spacial score (nSPS) is 13.8. The van der Waals surface area contributed by atoms with Crippen molar-refractivity contribution in [2.24, 2.45) is 11.1 Å². The van der Waals surface area contributed by atoms with Gasteiger partial charge in [-0.1, -0.05) is 91.3 Å². The molecule has 0 fully saturated rings. The molecule has 3 amide bonds. The minimum Gasteiger partial charge on any atom is -0.366 e. The molecular formula is C27H46N4O3. The molecule has 0 saturated carbocycles. The van der Waals surface area contributed by atoms with Gasteiger partial charge < -0.3 is 21.3 Å². The predicted octanol–water partition coefficient (Wildman–Crippen LogP) is 3.39. The van der Waals surface area contributed by atoms with Crippen molar-refractivity contribution in [3.63, 3.8) is 0 Å². The van der Waals surface area contributed by atoms with Crippen molar-refractivity contribution < 1.29 is 14.4 Å².